The van der Waals surface area contributed by atoms with Crippen LogP contribution in [0.25, 0.3) is 17.1 Å². The Hall–Kier alpha value is -2.64. The number of para-hydroxylation sites is 1. The molecule has 0 amide bonds. The molecule has 0 atom stereocenters. The first kappa shape index (κ1) is 14.0. The molecule has 0 saturated heterocycles. The van der Waals surface area contributed by atoms with Crippen LogP contribution in [0.1, 0.15) is 17.2 Å². The topological polar surface area (TPSA) is 48.5 Å². The minimum Gasteiger partial charge on any atom is -0.300 e. The summed E-state index contributed by atoms with van der Waals surface area (Å²) in [7, 11) is 0. The van der Waals surface area contributed by atoms with Gasteiger partial charge in [-0.15, -0.1) is 0 Å². The molecule has 5 nitrogen and oxygen atoms in total. The average molecular weight is 319 g/mol. The number of fused-ring (bicyclic) bond motifs is 5. The summed E-state index contributed by atoms with van der Waals surface area (Å²) < 4.78 is 41.4. The number of benzene rings is 1. The van der Waals surface area contributed by atoms with Gasteiger partial charge in [-0.05, 0) is 19.1 Å². The molecule has 0 spiro atoms. The molecule has 23 heavy (non-hydrogen) atoms. The Morgan fingerprint density at radius 3 is 2.78 bits per heavy atom. The molecule has 0 fully saturated rings. The van der Waals surface area contributed by atoms with E-state index in [4.69, 9.17) is 0 Å². The Balaban J connectivity index is 1.92. The zero-order valence-electron chi connectivity index (χ0n) is 12.2. The molecule has 0 radical (unpaired) electrons. The normalized spacial score (nSPS) is 13.2. The first-order valence-corrected chi connectivity index (χ1v) is 7.05. The summed E-state index contributed by atoms with van der Waals surface area (Å²) in [5, 5.41) is 4.06. The van der Waals surface area contributed by atoms with Crippen molar-refractivity contribution in [3.8, 4) is 17.1 Å². The maximum atomic E-state index is 12.6. The van der Waals surface area contributed by atoms with E-state index in [0.717, 1.165) is 22.6 Å². The average Bonchev–Trinajstić information content (AvgIpc) is 2.99. The van der Waals surface area contributed by atoms with Crippen LogP contribution >= 0.6 is 0 Å². The summed E-state index contributed by atoms with van der Waals surface area (Å²) in [6.45, 7) is 2.20. The van der Waals surface area contributed by atoms with E-state index in [1.165, 1.54) is 4.68 Å². The predicted octanol–water partition coefficient (Wildman–Crippen LogP) is 2.91. The van der Waals surface area contributed by atoms with Crippen LogP contribution in [0.3, 0.4) is 0 Å². The van der Waals surface area contributed by atoms with Crippen LogP contribution in [0.5, 0.6) is 0 Å². The number of hydrogen-bond acceptors (Lipinski definition) is 3. The third kappa shape index (κ3) is 2.30. The number of nitrogens with zero attached hydrogens (tertiary/aromatic N) is 5. The highest BCUT2D eigenvalue weighted by Crippen LogP contribution is 2.32. The lowest BCUT2D eigenvalue weighted by Gasteiger charge is -2.07. The molecule has 2 aromatic heterocycles. The van der Waals surface area contributed by atoms with Crippen molar-refractivity contribution in [2.75, 3.05) is 0 Å². The number of alkyl halides is 3. The maximum Gasteiger partial charge on any atom is 0.396 e. The molecule has 0 N–H and O–H groups in total. The fraction of sp³-hybridized carbons (Fsp3) is 0.267. The van der Waals surface area contributed by atoms with E-state index in [1.54, 1.807) is 6.33 Å². The molecule has 0 bridgehead atoms. The number of aryl methyl sites for hydroxylation is 1. The van der Waals surface area contributed by atoms with Crippen molar-refractivity contribution in [1.29, 1.82) is 0 Å². The number of rotatable bonds is 1. The van der Waals surface area contributed by atoms with Crippen LogP contribution in [0.15, 0.2) is 30.6 Å². The molecule has 0 unspecified atom stereocenters. The Labute approximate surface area is 129 Å². The Bertz CT molecular complexity index is 891. The highest BCUT2D eigenvalue weighted by molar-refractivity contribution is 5.69. The van der Waals surface area contributed by atoms with Gasteiger partial charge in [0.1, 0.15) is 6.42 Å². The molecule has 3 heterocycles. The van der Waals surface area contributed by atoms with Gasteiger partial charge in [-0.25, -0.2) is 14.6 Å². The van der Waals surface area contributed by atoms with Gasteiger partial charge >= 0.3 is 6.18 Å². The number of aromatic nitrogens is 5. The van der Waals surface area contributed by atoms with E-state index in [-0.39, 0.29) is 5.82 Å². The number of hydrogen-bond donors (Lipinski definition) is 0. The van der Waals surface area contributed by atoms with Crippen molar-refractivity contribution in [2.45, 2.75) is 26.1 Å². The van der Waals surface area contributed by atoms with Crippen LogP contribution in [-0.2, 0) is 13.0 Å². The summed E-state index contributed by atoms with van der Waals surface area (Å²) in [6, 6.07) is 7.43. The second-order valence-electron chi connectivity index (χ2n) is 5.47. The number of imidazole rings is 1. The van der Waals surface area contributed by atoms with E-state index < -0.39 is 12.6 Å². The quantitative estimate of drug-likeness (QED) is 0.542. The molecule has 1 aliphatic heterocycles. The van der Waals surface area contributed by atoms with Gasteiger partial charge in [0.2, 0.25) is 0 Å². The summed E-state index contributed by atoms with van der Waals surface area (Å²) in [4.78, 5) is 8.43. The van der Waals surface area contributed by atoms with Gasteiger partial charge in [0, 0.05) is 5.56 Å². The van der Waals surface area contributed by atoms with Crippen LogP contribution in [0.2, 0.25) is 0 Å². The van der Waals surface area contributed by atoms with Gasteiger partial charge in [-0.2, -0.15) is 18.3 Å². The molecule has 3 aromatic rings. The minimum atomic E-state index is -4.33. The van der Waals surface area contributed by atoms with Crippen molar-refractivity contribution in [1.82, 2.24) is 24.3 Å². The summed E-state index contributed by atoms with van der Waals surface area (Å²) in [5.41, 5.74) is 3.29. The minimum absolute atomic E-state index is 0.215. The van der Waals surface area contributed by atoms with E-state index in [0.29, 0.717) is 12.4 Å². The molecular weight excluding hydrogens is 307 g/mol. The zero-order chi connectivity index (χ0) is 16.2. The second-order valence-corrected chi connectivity index (χ2v) is 5.47. The lowest BCUT2D eigenvalue weighted by molar-refractivity contribution is -0.128. The summed E-state index contributed by atoms with van der Waals surface area (Å²) in [6.07, 6.45) is -3.75. The van der Waals surface area contributed by atoms with Gasteiger partial charge < -0.3 is 4.57 Å². The van der Waals surface area contributed by atoms with Gasteiger partial charge in [0.15, 0.2) is 11.6 Å². The van der Waals surface area contributed by atoms with Crippen LogP contribution in [0, 0.1) is 6.92 Å². The standard InChI is InChI=1S/C15H12F3N5/c1-9-12-7-23-14(20-13(21-23)6-15(16,17)18)10-4-2-3-5-11(10)22(12)8-19-9/h2-5,8H,6-7H2,1H3. The highest BCUT2D eigenvalue weighted by atomic mass is 19.4. The molecule has 4 rings (SSSR count). The molecule has 118 valence electrons. The van der Waals surface area contributed by atoms with E-state index >= 15 is 0 Å². The third-order valence-corrected chi connectivity index (χ3v) is 3.85. The van der Waals surface area contributed by atoms with E-state index in [2.05, 4.69) is 15.1 Å². The van der Waals surface area contributed by atoms with Crippen molar-refractivity contribution in [3.05, 3.63) is 47.8 Å². The Kier molecular flexibility index (Phi) is 2.84. The van der Waals surface area contributed by atoms with Gasteiger partial charge in [0.25, 0.3) is 0 Å². The monoisotopic (exact) mass is 319 g/mol. The molecule has 1 aliphatic rings. The van der Waals surface area contributed by atoms with Crippen LogP contribution in [-0.4, -0.2) is 30.5 Å². The van der Waals surface area contributed by atoms with Crippen LogP contribution in [0.4, 0.5) is 13.2 Å². The number of halogens is 3. The van der Waals surface area contributed by atoms with E-state index in [9.17, 15) is 13.2 Å². The van der Waals surface area contributed by atoms with Gasteiger partial charge in [0.05, 0.1) is 29.9 Å². The van der Waals surface area contributed by atoms with Gasteiger partial charge in [-0.1, -0.05) is 12.1 Å². The SMILES string of the molecule is Cc1ncn2c1Cn1nc(CC(F)(F)F)nc1-c1ccccc1-2. The maximum absolute atomic E-state index is 12.6. The molecule has 0 saturated carbocycles. The summed E-state index contributed by atoms with van der Waals surface area (Å²) >= 11 is 0. The predicted molar refractivity (Wildman–Crippen MR) is 76.2 cm³/mol. The van der Waals surface area contributed by atoms with Crippen molar-refractivity contribution in [3.63, 3.8) is 0 Å². The second kappa shape index (κ2) is 4.68. The van der Waals surface area contributed by atoms with Crippen LogP contribution < -0.4 is 0 Å². The smallest absolute Gasteiger partial charge is 0.300 e. The Morgan fingerprint density at radius 2 is 2.00 bits per heavy atom. The Morgan fingerprint density at radius 1 is 1.22 bits per heavy atom. The fourth-order valence-electron chi connectivity index (χ4n) is 2.83. The largest absolute Gasteiger partial charge is 0.396 e. The first-order valence-electron chi connectivity index (χ1n) is 7.05. The molecule has 8 heteroatoms. The molecule has 1 aromatic carbocycles. The van der Waals surface area contributed by atoms with Crippen molar-refractivity contribution < 1.29 is 13.2 Å². The zero-order valence-corrected chi connectivity index (χ0v) is 12.2. The third-order valence-electron chi connectivity index (χ3n) is 3.85. The molecular formula is C15H12F3N5. The lowest BCUT2D eigenvalue weighted by Crippen LogP contribution is -2.13. The van der Waals surface area contributed by atoms with Crippen molar-refractivity contribution >= 4 is 0 Å². The fourth-order valence-corrected chi connectivity index (χ4v) is 2.83. The molecule has 0 aliphatic carbocycles. The van der Waals surface area contributed by atoms with E-state index in [1.807, 2.05) is 35.8 Å². The van der Waals surface area contributed by atoms with Gasteiger partial charge in [-0.3, -0.25) is 0 Å². The van der Waals surface area contributed by atoms with Crippen molar-refractivity contribution in [2.24, 2.45) is 0 Å². The summed E-state index contributed by atoms with van der Waals surface area (Å²) in [5.74, 6) is 0.232. The lowest BCUT2D eigenvalue weighted by atomic mass is 10.1. The first-order chi connectivity index (χ1) is 10.9. The highest BCUT2D eigenvalue weighted by Gasteiger charge is 2.32.